The van der Waals surface area contributed by atoms with Gasteiger partial charge in [-0.25, -0.2) is 0 Å². The van der Waals surface area contributed by atoms with E-state index in [2.05, 4.69) is 39.3 Å². The molecule has 25 heavy (non-hydrogen) atoms. The Morgan fingerprint density at radius 2 is 1.36 bits per heavy atom. The molecule has 0 saturated carbocycles. The molecular formula is C11H10Cl2F10O2. The lowest BCUT2D eigenvalue weighted by atomic mass is 9.88. The number of ether oxygens (including phenoxy) is 2. The third-order valence-electron chi connectivity index (χ3n) is 2.97. The summed E-state index contributed by atoms with van der Waals surface area (Å²) >= 11 is 8.18. The average molecular weight is 435 g/mol. The molecule has 150 valence electrons. The van der Waals surface area contributed by atoms with Crippen LogP contribution in [0.15, 0.2) is 12.7 Å². The van der Waals surface area contributed by atoms with E-state index in [1.54, 1.807) is 0 Å². The fourth-order valence-electron chi connectivity index (χ4n) is 1.65. The third-order valence-corrected chi connectivity index (χ3v) is 3.62. The van der Waals surface area contributed by atoms with Crippen molar-refractivity contribution in [1.29, 1.82) is 0 Å². The van der Waals surface area contributed by atoms with E-state index in [1.807, 2.05) is 0 Å². The van der Waals surface area contributed by atoms with Gasteiger partial charge in [0.25, 0.3) is 0 Å². The summed E-state index contributed by atoms with van der Waals surface area (Å²) in [7, 11) is 0.0140. The molecule has 0 aliphatic heterocycles. The minimum absolute atomic E-state index is 0.0140. The van der Waals surface area contributed by atoms with Crippen molar-refractivity contribution in [1.82, 2.24) is 0 Å². The molecule has 2 unspecified atom stereocenters. The number of hydrogen-bond donors (Lipinski definition) is 0. The van der Waals surface area contributed by atoms with Gasteiger partial charge in [-0.05, 0) is 36.0 Å². The van der Waals surface area contributed by atoms with Gasteiger partial charge in [-0.3, -0.25) is 4.74 Å². The van der Waals surface area contributed by atoms with Gasteiger partial charge in [0.1, 0.15) is 0 Å². The van der Waals surface area contributed by atoms with Crippen molar-refractivity contribution in [3.8, 4) is 0 Å². The second-order valence-corrected chi connectivity index (χ2v) is 5.52. The summed E-state index contributed by atoms with van der Waals surface area (Å²) in [6.45, 7) is 2.93. The molecule has 0 fully saturated rings. The Hall–Kier alpha value is -0.460. The Kier molecular flexibility index (Phi) is 7.14. The summed E-state index contributed by atoms with van der Waals surface area (Å²) in [6, 6.07) is 0. The maximum atomic E-state index is 14.0. The van der Waals surface area contributed by atoms with Gasteiger partial charge in [0.05, 0.1) is 0 Å². The first-order valence-electron chi connectivity index (χ1n) is 5.96. The predicted octanol–water partition coefficient (Wildman–Crippen LogP) is 5.84. The predicted molar refractivity (Wildman–Crippen MR) is 66.7 cm³/mol. The molecule has 0 bridgehead atoms. The fourth-order valence-corrected chi connectivity index (χ4v) is 1.78. The van der Waals surface area contributed by atoms with Crippen molar-refractivity contribution >= 4 is 23.2 Å². The number of alkyl halides is 12. The van der Waals surface area contributed by atoms with Crippen LogP contribution >= 0.6 is 23.2 Å². The van der Waals surface area contributed by atoms with Crippen LogP contribution in [0.4, 0.5) is 43.9 Å². The molecule has 0 radical (unpaired) electrons. The molecular weight excluding hydrogens is 425 g/mol. The largest absolute Gasteiger partial charge is 0.426 e. The highest BCUT2D eigenvalue weighted by atomic mass is 35.5. The normalized spacial score (nSPS) is 19.2. The fraction of sp³-hybridized carbons (Fsp3) is 0.818. The molecule has 0 rings (SSSR count). The highest BCUT2D eigenvalue weighted by Gasteiger charge is 2.81. The number of methoxy groups -OCH3 is 1. The van der Waals surface area contributed by atoms with Crippen LogP contribution in [-0.4, -0.2) is 41.6 Å². The zero-order chi connectivity index (χ0) is 20.5. The van der Waals surface area contributed by atoms with Crippen LogP contribution in [0.1, 0.15) is 12.8 Å². The van der Waals surface area contributed by atoms with Crippen molar-refractivity contribution in [3.63, 3.8) is 0 Å². The Bertz CT molecular complexity index is 474. The molecule has 0 amide bonds. The Morgan fingerprint density at radius 1 is 0.920 bits per heavy atom. The maximum absolute atomic E-state index is 14.0. The number of halogens is 12. The van der Waals surface area contributed by atoms with Crippen LogP contribution < -0.4 is 0 Å². The van der Waals surface area contributed by atoms with Crippen molar-refractivity contribution < 1.29 is 53.4 Å². The quantitative estimate of drug-likeness (QED) is 0.258. The lowest BCUT2D eigenvalue weighted by Gasteiger charge is -2.43. The van der Waals surface area contributed by atoms with Crippen LogP contribution in [0.5, 0.6) is 0 Å². The first-order valence-corrected chi connectivity index (χ1v) is 6.71. The van der Waals surface area contributed by atoms with Crippen molar-refractivity contribution in [2.75, 3.05) is 7.11 Å². The second kappa shape index (κ2) is 7.28. The molecule has 0 aromatic heterocycles. The summed E-state index contributed by atoms with van der Waals surface area (Å²) in [5, 5.41) is -10.9. The molecule has 0 spiro atoms. The van der Waals surface area contributed by atoms with E-state index >= 15 is 0 Å². The minimum Gasteiger partial charge on any atom is -0.363 e. The Labute approximate surface area is 144 Å². The van der Waals surface area contributed by atoms with Crippen molar-refractivity contribution in [2.45, 2.75) is 47.3 Å². The zero-order valence-electron chi connectivity index (χ0n) is 12.1. The maximum Gasteiger partial charge on any atom is 0.426 e. The van der Waals surface area contributed by atoms with Crippen molar-refractivity contribution in [2.24, 2.45) is 0 Å². The lowest BCUT2D eigenvalue weighted by molar-refractivity contribution is -0.459. The second-order valence-electron chi connectivity index (χ2n) is 4.56. The Morgan fingerprint density at radius 3 is 1.64 bits per heavy atom. The molecule has 2 atom stereocenters. The van der Waals surface area contributed by atoms with Crippen LogP contribution in [0, 0.1) is 0 Å². The third kappa shape index (κ3) is 4.45. The molecule has 2 nitrogen and oxygen atoms in total. The molecule has 0 aromatic rings. The number of hydrogen-bond acceptors (Lipinski definition) is 2. The van der Waals surface area contributed by atoms with Gasteiger partial charge in [0, 0.05) is 7.11 Å². The highest BCUT2D eigenvalue weighted by Crippen LogP contribution is 2.56. The van der Waals surface area contributed by atoms with Crippen LogP contribution in [0.2, 0.25) is 0 Å². The number of rotatable bonds is 9. The van der Waals surface area contributed by atoms with Crippen LogP contribution in [0.3, 0.4) is 0 Å². The van der Waals surface area contributed by atoms with E-state index in [4.69, 9.17) is 0 Å². The smallest absolute Gasteiger partial charge is 0.363 e. The highest BCUT2D eigenvalue weighted by molar-refractivity contribution is 6.31. The first-order chi connectivity index (χ1) is 10.8. The topological polar surface area (TPSA) is 18.5 Å². The van der Waals surface area contributed by atoms with Gasteiger partial charge >= 0.3 is 28.9 Å². The van der Waals surface area contributed by atoms with Gasteiger partial charge in [-0.1, -0.05) is 6.08 Å². The summed E-state index contributed by atoms with van der Waals surface area (Å²) in [5.41, 5.74) is -4.94. The lowest BCUT2D eigenvalue weighted by Crippen LogP contribution is -2.68. The molecule has 0 aromatic carbocycles. The van der Waals surface area contributed by atoms with Crippen LogP contribution in [-0.2, 0) is 9.47 Å². The first kappa shape index (κ1) is 24.5. The van der Waals surface area contributed by atoms with Gasteiger partial charge in [0.15, 0.2) is 0 Å². The van der Waals surface area contributed by atoms with Gasteiger partial charge in [0.2, 0.25) is 5.60 Å². The monoisotopic (exact) mass is 434 g/mol. The van der Waals surface area contributed by atoms with Crippen molar-refractivity contribution in [3.05, 3.63) is 12.7 Å². The Balaban J connectivity index is 6.20. The van der Waals surface area contributed by atoms with Gasteiger partial charge in [-0.15, -0.1) is 6.58 Å². The van der Waals surface area contributed by atoms with Crippen LogP contribution in [0.25, 0.3) is 0 Å². The van der Waals surface area contributed by atoms with E-state index in [9.17, 15) is 43.9 Å². The van der Waals surface area contributed by atoms with Gasteiger partial charge < -0.3 is 4.74 Å². The number of allylic oxidation sites excluding steroid dienone is 1. The molecule has 0 N–H and O–H groups in total. The summed E-state index contributed by atoms with van der Waals surface area (Å²) in [5.74, 6) is -6.40. The summed E-state index contributed by atoms with van der Waals surface area (Å²) < 4.78 is 139. The van der Waals surface area contributed by atoms with E-state index in [0.29, 0.717) is 6.08 Å². The minimum atomic E-state index is -6.51. The average Bonchev–Trinajstić information content (AvgIpc) is 2.35. The standard InChI is InChI=1S/C11H10Cl2F10O2/c1-3-4-5-6(24-2,10(19,20)21)7(14,15)11(22,23)25-9(13,18)8(12,16)17/h3H,1,4-5H2,2H3. The van der Waals surface area contributed by atoms with E-state index in [-0.39, 0.29) is 7.11 Å². The molecule has 14 heteroatoms. The SMILES string of the molecule is C=CCCC(OC)(C(F)(F)F)C(F)(F)C(F)(F)OC(F)(Cl)C(F)(F)Cl. The molecule has 0 heterocycles. The van der Waals surface area contributed by atoms with E-state index in [0.717, 1.165) is 0 Å². The summed E-state index contributed by atoms with van der Waals surface area (Å²) in [6.07, 6.45) is -14.7. The van der Waals surface area contributed by atoms with E-state index in [1.165, 1.54) is 0 Å². The van der Waals surface area contributed by atoms with E-state index < -0.39 is 47.3 Å². The summed E-state index contributed by atoms with van der Waals surface area (Å²) in [4.78, 5) is 0. The molecule has 0 aliphatic carbocycles. The molecule has 0 saturated heterocycles. The zero-order valence-corrected chi connectivity index (χ0v) is 13.6. The molecule has 0 aliphatic rings. The van der Waals surface area contributed by atoms with Gasteiger partial charge in [-0.2, -0.15) is 43.9 Å².